The molecule has 0 unspecified atom stereocenters. The third-order valence-electron chi connectivity index (χ3n) is 2.19. The van der Waals surface area contributed by atoms with Gasteiger partial charge >= 0.3 is 12.5 Å². The van der Waals surface area contributed by atoms with Gasteiger partial charge in [0.25, 0.3) is 0 Å². The van der Waals surface area contributed by atoms with Crippen LogP contribution in [0.5, 0.6) is 5.75 Å². The van der Waals surface area contributed by atoms with Crippen LogP contribution in [0.25, 0.3) is 0 Å². The molecule has 0 fully saturated rings. The topological polar surface area (TPSA) is 44.5 Å². The smallest absolute Gasteiger partial charge is 0.491 e. The fourth-order valence-electron chi connectivity index (χ4n) is 1.36. The van der Waals surface area contributed by atoms with Crippen LogP contribution < -0.4 is 10.5 Å². The minimum absolute atomic E-state index is 0.0967. The summed E-state index contributed by atoms with van der Waals surface area (Å²) in [6, 6.07) is 3.10. The lowest BCUT2D eigenvalue weighted by molar-refractivity contribution is -0.325. The first-order valence-electron chi connectivity index (χ1n) is 5.37. The maximum absolute atomic E-state index is 12.7. The summed E-state index contributed by atoms with van der Waals surface area (Å²) in [5, 5.41) is 0. The minimum atomic E-state index is -4.85. The maximum Gasteiger partial charge on any atom is 0.522 e. The van der Waals surface area contributed by atoms with Crippen LogP contribution in [0.3, 0.4) is 0 Å². The predicted molar refractivity (Wildman–Crippen MR) is 56.8 cm³/mol. The van der Waals surface area contributed by atoms with Gasteiger partial charge in [0, 0.05) is 6.54 Å². The van der Waals surface area contributed by atoms with Crippen molar-refractivity contribution in [2.45, 2.75) is 19.1 Å². The number of benzene rings is 1. The summed E-state index contributed by atoms with van der Waals surface area (Å²) < 4.78 is 81.3. The molecule has 0 spiro atoms. The highest BCUT2D eigenvalue weighted by Gasteiger charge is 2.35. The van der Waals surface area contributed by atoms with Crippen molar-refractivity contribution in [1.29, 1.82) is 0 Å². The SMILES string of the molecule is NCc1ccc(OCCOC(F)(F)F)c(C(F)(F)F)c1. The molecule has 0 aliphatic heterocycles. The zero-order chi connectivity index (χ0) is 15.4. The van der Waals surface area contributed by atoms with Crippen LogP contribution in [0.2, 0.25) is 0 Å². The average molecular weight is 303 g/mol. The average Bonchev–Trinajstić information content (AvgIpc) is 2.32. The van der Waals surface area contributed by atoms with Crippen LogP contribution in [-0.2, 0) is 17.5 Å². The normalized spacial score (nSPS) is 12.6. The summed E-state index contributed by atoms with van der Waals surface area (Å²) in [4.78, 5) is 0. The Morgan fingerprint density at radius 3 is 2.15 bits per heavy atom. The fraction of sp³-hybridized carbons (Fsp3) is 0.455. The molecule has 20 heavy (non-hydrogen) atoms. The monoisotopic (exact) mass is 303 g/mol. The van der Waals surface area contributed by atoms with E-state index in [1.807, 2.05) is 0 Å². The molecule has 9 heteroatoms. The molecular formula is C11H11F6NO2. The van der Waals surface area contributed by atoms with Crippen molar-refractivity contribution in [1.82, 2.24) is 0 Å². The molecular weight excluding hydrogens is 292 g/mol. The van der Waals surface area contributed by atoms with Crippen LogP contribution in [0.1, 0.15) is 11.1 Å². The summed E-state index contributed by atoms with van der Waals surface area (Å²) >= 11 is 0. The van der Waals surface area contributed by atoms with Crippen molar-refractivity contribution >= 4 is 0 Å². The van der Waals surface area contributed by atoms with Crippen molar-refractivity contribution in [2.24, 2.45) is 5.73 Å². The van der Waals surface area contributed by atoms with Gasteiger partial charge in [0.15, 0.2) is 0 Å². The van der Waals surface area contributed by atoms with Crippen LogP contribution in [-0.4, -0.2) is 19.6 Å². The standard InChI is InChI=1S/C11H11F6NO2/c12-10(13,14)8-5-7(6-18)1-2-9(8)19-3-4-20-11(15,16)17/h1-2,5H,3-4,6,18H2. The van der Waals surface area contributed by atoms with Gasteiger partial charge in [0.2, 0.25) is 0 Å². The second-order valence-electron chi connectivity index (χ2n) is 3.68. The van der Waals surface area contributed by atoms with E-state index in [0.29, 0.717) is 0 Å². The van der Waals surface area contributed by atoms with Gasteiger partial charge in [-0.15, -0.1) is 13.2 Å². The largest absolute Gasteiger partial charge is 0.522 e. The van der Waals surface area contributed by atoms with Gasteiger partial charge in [-0.3, -0.25) is 4.74 Å². The zero-order valence-electron chi connectivity index (χ0n) is 10.0. The number of rotatable bonds is 5. The Labute approximate surface area is 110 Å². The fourth-order valence-corrected chi connectivity index (χ4v) is 1.36. The van der Waals surface area contributed by atoms with E-state index < -0.39 is 37.1 Å². The first-order valence-corrected chi connectivity index (χ1v) is 5.37. The van der Waals surface area contributed by atoms with E-state index in [9.17, 15) is 26.3 Å². The molecule has 0 radical (unpaired) electrons. The highest BCUT2D eigenvalue weighted by Crippen LogP contribution is 2.36. The molecule has 1 aromatic rings. The summed E-state index contributed by atoms with van der Waals surface area (Å²) in [6.07, 6.45) is -9.54. The van der Waals surface area contributed by atoms with E-state index in [2.05, 4.69) is 9.47 Å². The number of ether oxygens (including phenoxy) is 2. The Kier molecular flexibility index (Phi) is 5.23. The van der Waals surface area contributed by atoms with Crippen molar-refractivity contribution < 1.29 is 35.8 Å². The lowest BCUT2D eigenvalue weighted by atomic mass is 10.1. The lowest BCUT2D eigenvalue weighted by Gasteiger charge is -2.15. The predicted octanol–water partition coefficient (Wildman–Crippen LogP) is 3.08. The van der Waals surface area contributed by atoms with Crippen molar-refractivity contribution in [3.05, 3.63) is 29.3 Å². The second kappa shape index (κ2) is 6.31. The first-order chi connectivity index (χ1) is 9.13. The Balaban J connectivity index is 2.74. The maximum atomic E-state index is 12.7. The molecule has 0 aliphatic rings. The zero-order valence-corrected chi connectivity index (χ0v) is 10.0. The molecule has 114 valence electrons. The third-order valence-corrected chi connectivity index (χ3v) is 2.19. The molecule has 0 amide bonds. The van der Waals surface area contributed by atoms with Gasteiger partial charge in [-0.2, -0.15) is 13.2 Å². The van der Waals surface area contributed by atoms with E-state index in [0.717, 1.165) is 12.1 Å². The number of hydrogen-bond acceptors (Lipinski definition) is 3. The molecule has 1 aromatic carbocycles. The van der Waals surface area contributed by atoms with Gasteiger partial charge in [-0.1, -0.05) is 6.07 Å². The van der Waals surface area contributed by atoms with E-state index >= 15 is 0 Å². The number of hydrogen-bond donors (Lipinski definition) is 1. The molecule has 0 aromatic heterocycles. The molecule has 0 saturated heterocycles. The summed E-state index contributed by atoms with van der Waals surface area (Å²) in [6.45, 7) is -1.66. The Morgan fingerprint density at radius 1 is 1.00 bits per heavy atom. The summed E-state index contributed by atoms with van der Waals surface area (Å²) in [5.41, 5.74) is 4.37. The van der Waals surface area contributed by atoms with E-state index in [-0.39, 0.29) is 12.1 Å². The number of nitrogens with two attached hydrogens (primary N) is 1. The van der Waals surface area contributed by atoms with Gasteiger partial charge in [0.05, 0.1) is 12.2 Å². The van der Waals surface area contributed by atoms with Gasteiger partial charge in [-0.05, 0) is 17.7 Å². The molecule has 0 heterocycles. The Bertz CT molecular complexity index is 444. The Morgan fingerprint density at radius 2 is 1.65 bits per heavy atom. The highest BCUT2D eigenvalue weighted by atomic mass is 19.4. The molecule has 0 aliphatic carbocycles. The van der Waals surface area contributed by atoms with Gasteiger partial charge in [-0.25, -0.2) is 0 Å². The lowest BCUT2D eigenvalue weighted by Crippen LogP contribution is -2.19. The number of halogens is 6. The molecule has 2 N–H and O–H groups in total. The van der Waals surface area contributed by atoms with Gasteiger partial charge in [0.1, 0.15) is 12.4 Å². The Hall–Kier alpha value is -1.48. The summed E-state index contributed by atoms with van der Waals surface area (Å²) in [5.74, 6) is -0.569. The summed E-state index contributed by atoms with van der Waals surface area (Å²) in [7, 11) is 0. The quantitative estimate of drug-likeness (QED) is 0.671. The molecule has 1 rings (SSSR count). The molecule has 0 saturated carbocycles. The van der Waals surface area contributed by atoms with E-state index in [1.54, 1.807) is 0 Å². The third kappa shape index (κ3) is 5.25. The van der Waals surface area contributed by atoms with Crippen LogP contribution in [0.15, 0.2) is 18.2 Å². The van der Waals surface area contributed by atoms with E-state index in [4.69, 9.17) is 5.73 Å². The van der Waals surface area contributed by atoms with Crippen LogP contribution in [0, 0.1) is 0 Å². The van der Waals surface area contributed by atoms with Crippen molar-refractivity contribution in [2.75, 3.05) is 13.2 Å². The van der Waals surface area contributed by atoms with Gasteiger partial charge < -0.3 is 10.5 Å². The van der Waals surface area contributed by atoms with Crippen LogP contribution >= 0.6 is 0 Å². The molecule has 3 nitrogen and oxygen atoms in total. The van der Waals surface area contributed by atoms with Crippen LogP contribution in [0.4, 0.5) is 26.3 Å². The number of alkyl halides is 6. The van der Waals surface area contributed by atoms with Crippen molar-refractivity contribution in [3.8, 4) is 5.75 Å². The van der Waals surface area contributed by atoms with Crippen molar-refractivity contribution in [3.63, 3.8) is 0 Å². The first kappa shape index (κ1) is 16.6. The second-order valence-corrected chi connectivity index (χ2v) is 3.68. The highest BCUT2D eigenvalue weighted by molar-refractivity contribution is 5.39. The van der Waals surface area contributed by atoms with E-state index in [1.165, 1.54) is 6.07 Å². The molecule has 0 bridgehead atoms. The minimum Gasteiger partial charge on any atom is -0.491 e. The molecule has 0 atom stereocenters.